The minimum atomic E-state index is -0.235. The van der Waals surface area contributed by atoms with Crippen LogP contribution in [-0.4, -0.2) is 36.0 Å². The van der Waals surface area contributed by atoms with Gasteiger partial charge in [-0.05, 0) is 36.4 Å². The second-order valence-corrected chi connectivity index (χ2v) is 6.97. The van der Waals surface area contributed by atoms with Gasteiger partial charge in [-0.3, -0.25) is 9.69 Å². The van der Waals surface area contributed by atoms with E-state index in [0.29, 0.717) is 35.3 Å². The number of halogens is 1. The van der Waals surface area contributed by atoms with Gasteiger partial charge in [-0.15, -0.1) is 0 Å². The van der Waals surface area contributed by atoms with Gasteiger partial charge >= 0.3 is 0 Å². The maximum atomic E-state index is 13.2. The topological polar surface area (TPSA) is 62.5 Å². The number of carbonyl (C=O) groups is 1. The van der Waals surface area contributed by atoms with Crippen LogP contribution in [0.3, 0.4) is 0 Å². The zero-order valence-corrected chi connectivity index (χ0v) is 15.3. The Morgan fingerprint density at radius 1 is 1.04 bits per heavy atom. The van der Waals surface area contributed by atoms with Crippen molar-refractivity contribution in [2.75, 3.05) is 29.9 Å². The molecule has 7 heteroatoms. The van der Waals surface area contributed by atoms with Crippen molar-refractivity contribution in [3.8, 4) is 0 Å². The first-order valence-corrected chi connectivity index (χ1v) is 8.97. The Bertz CT molecular complexity index is 1200. The third-order valence-electron chi connectivity index (χ3n) is 4.74. The van der Waals surface area contributed by atoms with E-state index in [9.17, 15) is 4.79 Å². The lowest BCUT2D eigenvalue weighted by atomic mass is 10.2. The molecule has 0 spiro atoms. The highest BCUT2D eigenvalue weighted by Crippen LogP contribution is 2.32. The number of carbonyl (C=O) groups excluding carboxylic acids is 1. The number of likely N-dealkylation sites (N-methyl/N-ethyl adjacent to an activating group) is 1. The van der Waals surface area contributed by atoms with Gasteiger partial charge in [0.2, 0.25) is 0 Å². The molecule has 0 N–H and O–H groups in total. The van der Waals surface area contributed by atoms with E-state index >= 15 is 0 Å². The molecule has 0 unspecified atom stereocenters. The number of anilines is 2. The van der Waals surface area contributed by atoms with E-state index in [1.165, 1.54) is 0 Å². The van der Waals surface area contributed by atoms with E-state index in [2.05, 4.69) is 0 Å². The molecule has 1 aliphatic rings. The normalized spacial score (nSPS) is 14.0. The van der Waals surface area contributed by atoms with E-state index < -0.39 is 0 Å². The van der Waals surface area contributed by atoms with Crippen LogP contribution in [0.25, 0.3) is 22.0 Å². The molecule has 1 amide bonds. The minimum Gasteiger partial charge on any atom is -0.451 e. The molecule has 3 heterocycles. The molecule has 4 aromatic rings. The summed E-state index contributed by atoms with van der Waals surface area (Å²) in [5.74, 6) is 1.26. The predicted molar refractivity (Wildman–Crippen MR) is 106 cm³/mol. The summed E-state index contributed by atoms with van der Waals surface area (Å²) in [6.45, 7) is 1.17. The lowest BCUT2D eigenvalue weighted by Gasteiger charge is -2.33. The van der Waals surface area contributed by atoms with Gasteiger partial charge in [0.15, 0.2) is 17.4 Å². The maximum Gasteiger partial charge on any atom is 0.295 e. The molecule has 0 saturated heterocycles. The number of hydrogen-bond acceptors (Lipinski definition) is 5. The van der Waals surface area contributed by atoms with Gasteiger partial charge in [0, 0.05) is 30.5 Å². The van der Waals surface area contributed by atoms with Crippen LogP contribution in [0.4, 0.5) is 11.6 Å². The third kappa shape index (κ3) is 2.61. The van der Waals surface area contributed by atoms with Crippen molar-refractivity contribution >= 4 is 51.1 Å². The number of benzene rings is 2. The standard InChI is InChI=1S/C20H15ClN4O2/c1-24-8-9-25(19-18(24)22-14-4-2-3-5-15(14)23-19)20(26)17-11-12-10-13(21)6-7-16(12)27-17/h2-7,10-11H,8-9H2,1H3. The van der Waals surface area contributed by atoms with Gasteiger partial charge in [-0.1, -0.05) is 23.7 Å². The highest BCUT2D eigenvalue weighted by molar-refractivity contribution is 6.31. The van der Waals surface area contributed by atoms with Crippen molar-refractivity contribution in [2.24, 2.45) is 0 Å². The first kappa shape index (κ1) is 16.1. The van der Waals surface area contributed by atoms with E-state index in [-0.39, 0.29) is 11.7 Å². The van der Waals surface area contributed by atoms with Crippen LogP contribution in [0, 0.1) is 0 Å². The van der Waals surface area contributed by atoms with E-state index in [4.69, 9.17) is 26.0 Å². The smallest absolute Gasteiger partial charge is 0.295 e. The number of nitrogens with zero attached hydrogens (tertiary/aromatic N) is 4. The van der Waals surface area contributed by atoms with Crippen LogP contribution in [0.5, 0.6) is 0 Å². The molecule has 0 atom stereocenters. The maximum absolute atomic E-state index is 13.2. The van der Waals surface area contributed by atoms with Gasteiger partial charge in [-0.2, -0.15) is 0 Å². The Labute approximate surface area is 160 Å². The Morgan fingerprint density at radius 3 is 2.56 bits per heavy atom. The predicted octanol–water partition coefficient (Wildman–Crippen LogP) is 4.13. The number of hydrogen-bond donors (Lipinski definition) is 0. The molecular formula is C20H15ClN4O2. The fourth-order valence-electron chi connectivity index (χ4n) is 3.33. The van der Waals surface area contributed by atoms with E-state index in [0.717, 1.165) is 16.4 Å². The summed E-state index contributed by atoms with van der Waals surface area (Å²) in [6.07, 6.45) is 0. The molecule has 2 aromatic carbocycles. The number of furan rings is 1. The summed E-state index contributed by atoms with van der Waals surface area (Å²) in [4.78, 5) is 26.2. The summed E-state index contributed by atoms with van der Waals surface area (Å²) >= 11 is 6.03. The Kier molecular flexibility index (Phi) is 3.55. The van der Waals surface area contributed by atoms with Crippen molar-refractivity contribution in [1.82, 2.24) is 9.97 Å². The molecule has 0 fully saturated rings. The first-order valence-electron chi connectivity index (χ1n) is 8.59. The Hall–Kier alpha value is -3.12. The van der Waals surface area contributed by atoms with Gasteiger partial charge in [-0.25, -0.2) is 9.97 Å². The average Bonchev–Trinajstić information content (AvgIpc) is 3.10. The second kappa shape index (κ2) is 5.96. The second-order valence-electron chi connectivity index (χ2n) is 6.53. The lowest BCUT2D eigenvalue weighted by molar-refractivity contribution is 0.0961. The molecule has 134 valence electrons. The summed E-state index contributed by atoms with van der Waals surface area (Å²) in [5, 5.41) is 1.40. The number of rotatable bonds is 1. The summed E-state index contributed by atoms with van der Waals surface area (Å²) in [6, 6.07) is 14.6. The molecule has 0 bridgehead atoms. The lowest BCUT2D eigenvalue weighted by Crippen LogP contribution is -2.43. The van der Waals surface area contributed by atoms with Crippen LogP contribution in [0.15, 0.2) is 52.9 Å². The van der Waals surface area contributed by atoms with Crippen molar-refractivity contribution in [2.45, 2.75) is 0 Å². The van der Waals surface area contributed by atoms with Gasteiger partial charge in [0.1, 0.15) is 5.58 Å². The molecule has 1 aliphatic heterocycles. The highest BCUT2D eigenvalue weighted by atomic mass is 35.5. The van der Waals surface area contributed by atoms with Gasteiger partial charge < -0.3 is 9.32 Å². The highest BCUT2D eigenvalue weighted by Gasteiger charge is 2.30. The zero-order chi connectivity index (χ0) is 18.5. The quantitative estimate of drug-likeness (QED) is 0.498. The molecule has 6 nitrogen and oxygen atoms in total. The fraction of sp³-hybridized carbons (Fsp3) is 0.150. The Morgan fingerprint density at radius 2 is 1.78 bits per heavy atom. The number of aromatic nitrogens is 2. The summed E-state index contributed by atoms with van der Waals surface area (Å²) in [5.41, 5.74) is 2.18. The van der Waals surface area contributed by atoms with E-state index in [1.54, 1.807) is 29.2 Å². The average molecular weight is 379 g/mol. The summed E-state index contributed by atoms with van der Waals surface area (Å²) < 4.78 is 5.76. The molecule has 5 rings (SSSR count). The third-order valence-corrected chi connectivity index (χ3v) is 4.98. The number of fused-ring (bicyclic) bond motifs is 3. The van der Waals surface area contributed by atoms with Crippen LogP contribution < -0.4 is 9.80 Å². The van der Waals surface area contributed by atoms with Crippen LogP contribution in [-0.2, 0) is 0 Å². The largest absolute Gasteiger partial charge is 0.451 e. The van der Waals surface area contributed by atoms with E-state index in [1.807, 2.05) is 36.2 Å². The zero-order valence-electron chi connectivity index (χ0n) is 14.5. The molecule has 0 radical (unpaired) electrons. The molecular weight excluding hydrogens is 364 g/mol. The molecule has 0 saturated carbocycles. The minimum absolute atomic E-state index is 0.235. The van der Waals surface area contributed by atoms with Crippen LogP contribution in [0.1, 0.15) is 10.6 Å². The Balaban J connectivity index is 1.61. The first-order chi connectivity index (χ1) is 13.1. The summed E-state index contributed by atoms with van der Waals surface area (Å²) in [7, 11) is 1.95. The molecule has 0 aliphatic carbocycles. The van der Waals surface area contributed by atoms with Crippen LogP contribution in [0.2, 0.25) is 5.02 Å². The van der Waals surface area contributed by atoms with Crippen molar-refractivity contribution in [3.63, 3.8) is 0 Å². The molecule has 27 heavy (non-hydrogen) atoms. The molecule has 2 aromatic heterocycles. The number of amides is 1. The van der Waals surface area contributed by atoms with Gasteiger partial charge in [0.05, 0.1) is 11.0 Å². The fourth-order valence-corrected chi connectivity index (χ4v) is 3.51. The monoisotopic (exact) mass is 378 g/mol. The van der Waals surface area contributed by atoms with Crippen molar-refractivity contribution in [3.05, 3.63) is 59.3 Å². The number of para-hydroxylation sites is 2. The van der Waals surface area contributed by atoms with Crippen molar-refractivity contribution < 1.29 is 9.21 Å². The van der Waals surface area contributed by atoms with Crippen LogP contribution >= 0.6 is 11.6 Å². The van der Waals surface area contributed by atoms with Crippen molar-refractivity contribution in [1.29, 1.82) is 0 Å². The van der Waals surface area contributed by atoms with Gasteiger partial charge in [0.25, 0.3) is 5.91 Å². The SMILES string of the molecule is CN1CCN(C(=O)c2cc3cc(Cl)ccc3o2)c2nc3ccccc3nc21.